The average Bonchev–Trinajstić information content (AvgIpc) is 2.89. The van der Waals surface area contributed by atoms with E-state index in [-0.39, 0.29) is 11.7 Å². The summed E-state index contributed by atoms with van der Waals surface area (Å²) in [5.41, 5.74) is 0.734. The summed E-state index contributed by atoms with van der Waals surface area (Å²) in [5.74, 6) is 0.507. The van der Waals surface area contributed by atoms with Gasteiger partial charge in [0, 0.05) is 18.7 Å². The molecule has 3 rings (SSSR count). The fourth-order valence-electron chi connectivity index (χ4n) is 3.55. The first-order chi connectivity index (χ1) is 9.74. The van der Waals surface area contributed by atoms with Crippen molar-refractivity contribution in [3.05, 3.63) is 41.7 Å². The fourth-order valence-corrected chi connectivity index (χ4v) is 3.55. The first-order valence-corrected chi connectivity index (χ1v) is 7.48. The van der Waals surface area contributed by atoms with Gasteiger partial charge >= 0.3 is 0 Å². The monoisotopic (exact) mass is 273 g/mol. The number of amides is 1. The Kier molecular flexibility index (Phi) is 3.86. The van der Waals surface area contributed by atoms with Crippen LogP contribution in [0.25, 0.3) is 6.08 Å². The Morgan fingerprint density at radius 2 is 2.10 bits per heavy atom. The van der Waals surface area contributed by atoms with Crippen molar-refractivity contribution in [2.45, 2.75) is 38.1 Å². The van der Waals surface area contributed by atoms with Crippen molar-refractivity contribution in [2.24, 2.45) is 5.92 Å². The smallest absolute Gasteiger partial charge is 0.246 e. The summed E-state index contributed by atoms with van der Waals surface area (Å²) in [6.07, 6.45) is 9.39. The number of carbonyl (C=O) groups excluding carboxylic acids is 1. The summed E-state index contributed by atoms with van der Waals surface area (Å²) in [5, 5.41) is 0. The highest BCUT2D eigenvalue weighted by Gasteiger charge is 2.37. The normalized spacial score (nSPS) is 25.9. The molecule has 2 unspecified atom stereocenters. The van der Waals surface area contributed by atoms with Gasteiger partial charge in [-0.3, -0.25) is 4.79 Å². The molecule has 0 radical (unpaired) electrons. The molecule has 3 heteroatoms. The zero-order chi connectivity index (χ0) is 13.9. The molecule has 1 saturated heterocycles. The summed E-state index contributed by atoms with van der Waals surface area (Å²) in [6, 6.07) is 6.75. The van der Waals surface area contributed by atoms with Gasteiger partial charge in [-0.25, -0.2) is 4.39 Å². The van der Waals surface area contributed by atoms with Crippen LogP contribution in [-0.4, -0.2) is 23.4 Å². The van der Waals surface area contributed by atoms with Crippen LogP contribution < -0.4 is 0 Å². The number of nitrogens with zero attached hydrogens (tertiary/aromatic N) is 1. The van der Waals surface area contributed by atoms with Crippen molar-refractivity contribution < 1.29 is 9.18 Å². The number of hydrogen-bond acceptors (Lipinski definition) is 1. The first-order valence-electron chi connectivity index (χ1n) is 7.48. The highest BCUT2D eigenvalue weighted by Crippen LogP contribution is 2.36. The molecule has 0 bridgehead atoms. The molecular weight excluding hydrogens is 253 g/mol. The maximum absolute atomic E-state index is 13.1. The van der Waals surface area contributed by atoms with E-state index in [4.69, 9.17) is 0 Å². The van der Waals surface area contributed by atoms with E-state index >= 15 is 0 Å². The lowest BCUT2D eigenvalue weighted by Crippen LogP contribution is -2.38. The minimum absolute atomic E-state index is 0.0728. The summed E-state index contributed by atoms with van der Waals surface area (Å²) < 4.78 is 13.1. The van der Waals surface area contributed by atoms with Gasteiger partial charge < -0.3 is 4.90 Å². The highest BCUT2D eigenvalue weighted by atomic mass is 19.1. The van der Waals surface area contributed by atoms with E-state index in [1.54, 1.807) is 24.3 Å². The Labute approximate surface area is 119 Å². The number of likely N-dealkylation sites (tertiary alicyclic amines) is 1. The van der Waals surface area contributed by atoms with Crippen molar-refractivity contribution in [3.63, 3.8) is 0 Å². The second kappa shape index (κ2) is 5.78. The molecule has 1 aromatic rings. The molecule has 0 N–H and O–H groups in total. The summed E-state index contributed by atoms with van der Waals surface area (Å²) >= 11 is 0. The Bertz CT molecular complexity index is 525. The third-order valence-corrected chi connectivity index (χ3v) is 4.56. The number of benzene rings is 1. The SMILES string of the molecule is O=C(/C=C/c1cccc(F)c1)N1CCC2CCCCC21. The number of halogens is 1. The molecule has 0 aromatic heterocycles. The van der Waals surface area contributed by atoms with Crippen LogP contribution >= 0.6 is 0 Å². The van der Waals surface area contributed by atoms with Crippen LogP contribution in [0.15, 0.2) is 30.3 Å². The fraction of sp³-hybridized carbons (Fsp3) is 0.471. The standard InChI is InChI=1S/C17H20FNO/c18-15-6-3-4-13(12-15)8-9-17(20)19-11-10-14-5-1-2-7-16(14)19/h3-4,6,8-9,12,14,16H,1-2,5,7,10-11H2/b9-8+. The van der Waals surface area contributed by atoms with Gasteiger partial charge in [0.05, 0.1) is 0 Å². The number of hydrogen-bond donors (Lipinski definition) is 0. The van der Waals surface area contributed by atoms with E-state index in [2.05, 4.69) is 0 Å². The third kappa shape index (κ3) is 2.77. The zero-order valence-corrected chi connectivity index (χ0v) is 11.6. The predicted molar refractivity (Wildman–Crippen MR) is 77.5 cm³/mol. The van der Waals surface area contributed by atoms with E-state index in [0.29, 0.717) is 12.0 Å². The molecule has 106 valence electrons. The average molecular weight is 273 g/mol. The second-order valence-electron chi connectivity index (χ2n) is 5.82. The molecule has 1 aromatic carbocycles. The van der Waals surface area contributed by atoms with Crippen molar-refractivity contribution in [3.8, 4) is 0 Å². The minimum atomic E-state index is -0.270. The van der Waals surface area contributed by atoms with Crippen LogP contribution in [-0.2, 0) is 4.79 Å². The maximum Gasteiger partial charge on any atom is 0.246 e. The van der Waals surface area contributed by atoms with Crippen LogP contribution in [0.4, 0.5) is 4.39 Å². The van der Waals surface area contributed by atoms with Crippen LogP contribution in [0.5, 0.6) is 0 Å². The van der Waals surface area contributed by atoms with Gasteiger partial charge in [0.25, 0.3) is 0 Å². The lowest BCUT2D eigenvalue weighted by molar-refractivity contribution is -0.127. The van der Waals surface area contributed by atoms with E-state index in [9.17, 15) is 9.18 Å². The van der Waals surface area contributed by atoms with Crippen molar-refractivity contribution in [2.75, 3.05) is 6.54 Å². The molecule has 20 heavy (non-hydrogen) atoms. The van der Waals surface area contributed by atoms with Gasteiger partial charge in [-0.1, -0.05) is 25.0 Å². The number of fused-ring (bicyclic) bond motifs is 1. The molecule has 0 spiro atoms. The molecular formula is C17H20FNO. The lowest BCUT2D eigenvalue weighted by Gasteiger charge is -2.31. The van der Waals surface area contributed by atoms with E-state index in [1.165, 1.54) is 31.4 Å². The molecule has 1 saturated carbocycles. The van der Waals surface area contributed by atoms with Crippen LogP contribution in [0.2, 0.25) is 0 Å². The topological polar surface area (TPSA) is 20.3 Å². The van der Waals surface area contributed by atoms with Gasteiger partial charge in [-0.2, -0.15) is 0 Å². The molecule has 2 aliphatic rings. The molecule has 1 heterocycles. The van der Waals surface area contributed by atoms with Crippen LogP contribution in [0, 0.1) is 11.7 Å². The van der Waals surface area contributed by atoms with Gasteiger partial charge in [0.2, 0.25) is 5.91 Å². The minimum Gasteiger partial charge on any atom is -0.336 e. The predicted octanol–water partition coefficient (Wildman–Crippen LogP) is 3.63. The van der Waals surface area contributed by atoms with Crippen LogP contribution in [0.3, 0.4) is 0 Å². The Morgan fingerprint density at radius 1 is 1.25 bits per heavy atom. The molecule has 2 nitrogen and oxygen atoms in total. The van der Waals surface area contributed by atoms with E-state index in [0.717, 1.165) is 24.9 Å². The van der Waals surface area contributed by atoms with Crippen molar-refractivity contribution >= 4 is 12.0 Å². The first kappa shape index (κ1) is 13.3. The number of carbonyl (C=O) groups is 1. The summed E-state index contributed by atoms with van der Waals surface area (Å²) in [4.78, 5) is 14.3. The van der Waals surface area contributed by atoms with Gasteiger partial charge in [0.1, 0.15) is 5.82 Å². The molecule has 1 amide bonds. The van der Waals surface area contributed by atoms with E-state index < -0.39 is 0 Å². The quantitative estimate of drug-likeness (QED) is 0.753. The lowest BCUT2D eigenvalue weighted by atomic mass is 9.85. The maximum atomic E-state index is 13.1. The van der Waals surface area contributed by atoms with Gasteiger partial charge in [0.15, 0.2) is 0 Å². The molecule has 2 fully saturated rings. The third-order valence-electron chi connectivity index (χ3n) is 4.56. The van der Waals surface area contributed by atoms with Gasteiger partial charge in [-0.05, 0) is 49.0 Å². The second-order valence-corrected chi connectivity index (χ2v) is 5.82. The largest absolute Gasteiger partial charge is 0.336 e. The Balaban J connectivity index is 1.67. The molecule has 2 atom stereocenters. The summed E-state index contributed by atoms with van der Waals surface area (Å²) in [7, 11) is 0. The Morgan fingerprint density at radius 3 is 2.95 bits per heavy atom. The van der Waals surface area contributed by atoms with Gasteiger partial charge in [-0.15, -0.1) is 0 Å². The zero-order valence-electron chi connectivity index (χ0n) is 11.6. The van der Waals surface area contributed by atoms with Crippen molar-refractivity contribution in [1.82, 2.24) is 4.90 Å². The highest BCUT2D eigenvalue weighted by molar-refractivity contribution is 5.92. The summed E-state index contributed by atoms with van der Waals surface area (Å²) in [6.45, 7) is 0.877. The van der Waals surface area contributed by atoms with Crippen molar-refractivity contribution in [1.29, 1.82) is 0 Å². The molecule has 1 aliphatic heterocycles. The van der Waals surface area contributed by atoms with E-state index in [1.807, 2.05) is 4.90 Å². The van der Waals surface area contributed by atoms with Crippen LogP contribution in [0.1, 0.15) is 37.7 Å². The molecule has 1 aliphatic carbocycles. The number of rotatable bonds is 2. The Hall–Kier alpha value is -1.64.